The topological polar surface area (TPSA) is 57.4 Å². The summed E-state index contributed by atoms with van der Waals surface area (Å²) in [7, 11) is 1.60. The molecule has 102 valence electrons. The average Bonchev–Trinajstić information content (AvgIpc) is 2.93. The Morgan fingerprint density at radius 2 is 2.21 bits per heavy atom. The van der Waals surface area contributed by atoms with Gasteiger partial charge in [0.15, 0.2) is 11.5 Å². The van der Waals surface area contributed by atoms with Gasteiger partial charge >= 0.3 is 0 Å². The fraction of sp³-hybridized carbons (Fsp3) is 0.385. The van der Waals surface area contributed by atoms with Gasteiger partial charge in [-0.25, -0.2) is 0 Å². The van der Waals surface area contributed by atoms with E-state index in [9.17, 15) is 0 Å². The third kappa shape index (κ3) is 2.98. The zero-order valence-electron chi connectivity index (χ0n) is 10.9. The first-order valence-electron chi connectivity index (χ1n) is 5.98. The first-order chi connectivity index (χ1) is 9.30. The van der Waals surface area contributed by atoms with E-state index in [0.29, 0.717) is 29.8 Å². The molecule has 0 bridgehead atoms. The molecule has 2 rings (SSSR count). The maximum absolute atomic E-state index is 5.73. The molecular formula is C13H15ClN2O3. The monoisotopic (exact) mass is 282 g/mol. The van der Waals surface area contributed by atoms with Crippen LogP contribution in [0, 0.1) is 0 Å². The van der Waals surface area contributed by atoms with E-state index in [2.05, 4.69) is 10.1 Å². The maximum atomic E-state index is 5.73. The van der Waals surface area contributed by atoms with E-state index in [1.807, 2.05) is 25.1 Å². The second-order valence-electron chi connectivity index (χ2n) is 3.83. The number of ether oxygens (including phenoxy) is 2. The van der Waals surface area contributed by atoms with Gasteiger partial charge in [0.05, 0.1) is 19.3 Å². The molecule has 0 spiro atoms. The molecule has 5 nitrogen and oxygen atoms in total. The lowest BCUT2D eigenvalue weighted by Gasteiger charge is -2.12. The van der Waals surface area contributed by atoms with Crippen molar-refractivity contribution in [1.29, 1.82) is 0 Å². The van der Waals surface area contributed by atoms with Crippen LogP contribution in [-0.2, 0) is 5.88 Å². The molecule has 0 unspecified atom stereocenters. The molecule has 0 aliphatic heterocycles. The predicted molar refractivity (Wildman–Crippen MR) is 71.6 cm³/mol. The van der Waals surface area contributed by atoms with Crippen LogP contribution in [0.2, 0.25) is 0 Å². The van der Waals surface area contributed by atoms with Gasteiger partial charge < -0.3 is 14.0 Å². The minimum absolute atomic E-state index is 0.183. The van der Waals surface area contributed by atoms with Crippen LogP contribution in [0.3, 0.4) is 0 Å². The van der Waals surface area contributed by atoms with E-state index < -0.39 is 0 Å². The summed E-state index contributed by atoms with van der Waals surface area (Å²) in [5.41, 5.74) is 0.730. The number of para-hydroxylation sites is 1. The Kier molecular flexibility index (Phi) is 4.63. The lowest BCUT2D eigenvalue weighted by atomic mass is 10.1. The van der Waals surface area contributed by atoms with Crippen LogP contribution in [0.1, 0.15) is 19.2 Å². The average molecular weight is 283 g/mol. The van der Waals surface area contributed by atoms with Gasteiger partial charge in [-0.15, -0.1) is 11.6 Å². The molecule has 0 aliphatic rings. The van der Waals surface area contributed by atoms with Crippen molar-refractivity contribution in [3.8, 4) is 22.9 Å². The smallest absolute Gasteiger partial charge is 0.241 e. The SMILES string of the molecule is CCCOc1c(OC)cccc1-c1noc(CCl)n1. The van der Waals surface area contributed by atoms with E-state index in [1.165, 1.54) is 0 Å². The molecule has 1 aromatic carbocycles. The molecule has 0 radical (unpaired) electrons. The van der Waals surface area contributed by atoms with Crippen molar-refractivity contribution in [2.24, 2.45) is 0 Å². The molecule has 1 aromatic heterocycles. The molecule has 6 heteroatoms. The summed E-state index contributed by atoms with van der Waals surface area (Å²) in [6, 6.07) is 5.54. The minimum atomic E-state index is 0.183. The Bertz CT molecular complexity index is 542. The fourth-order valence-corrected chi connectivity index (χ4v) is 1.73. The number of methoxy groups -OCH3 is 1. The fourth-order valence-electron chi connectivity index (χ4n) is 1.62. The molecule has 0 saturated heterocycles. The first kappa shape index (κ1) is 13.7. The summed E-state index contributed by atoms with van der Waals surface area (Å²) >= 11 is 5.66. The van der Waals surface area contributed by atoms with Crippen molar-refractivity contribution in [3.05, 3.63) is 24.1 Å². The number of hydrogen-bond acceptors (Lipinski definition) is 5. The highest BCUT2D eigenvalue weighted by molar-refractivity contribution is 6.16. The van der Waals surface area contributed by atoms with Crippen LogP contribution in [0.5, 0.6) is 11.5 Å². The molecule has 19 heavy (non-hydrogen) atoms. The van der Waals surface area contributed by atoms with Crippen LogP contribution in [0.15, 0.2) is 22.7 Å². The molecule has 0 fully saturated rings. The third-order valence-corrected chi connectivity index (χ3v) is 2.70. The molecule has 0 amide bonds. The Labute approximate surface area is 116 Å². The van der Waals surface area contributed by atoms with Gasteiger partial charge in [-0.05, 0) is 18.6 Å². The highest BCUT2D eigenvalue weighted by Crippen LogP contribution is 2.36. The summed E-state index contributed by atoms with van der Waals surface area (Å²) in [6.45, 7) is 2.63. The summed E-state index contributed by atoms with van der Waals surface area (Å²) in [5.74, 6) is 2.26. The highest BCUT2D eigenvalue weighted by atomic mass is 35.5. The van der Waals surface area contributed by atoms with E-state index in [0.717, 1.165) is 12.0 Å². The number of alkyl halides is 1. The number of halogens is 1. The largest absolute Gasteiger partial charge is 0.493 e. The summed E-state index contributed by atoms with van der Waals surface area (Å²) < 4.78 is 16.0. The summed E-state index contributed by atoms with van der Waals surface area (Å²) in [5, 5.41) is 3.90. The predicted octanol–water partition coefficient (Wildman–Crippen LogP) is 3.27. The molecule has 0 N–H and O–H groups in total. The van der Waals surface area contributed by atoms with Crippen LogP contribution in [0.4, 0.5) is 0 Å². The number of hydrogen-bond donors (Lipinski definition) is 0. The molecular weight excluding hydrogens is 268 g/mol. The van der Waals surface area contributed by atoms with Crippen molar-refractivity contribution in [1.82, 2.24) is 10.1 Å². The Balaban J connectivity index is 2.42. The number of benzene rings is 1. The van der Waals surface area contributed by atoms with Gasteiger partial charge in [0.25, 0.3) is 0 Å². The quantitative estimate of drug-likeness (QED) is 0.761. The zero-order chi connectivity index (χ0) is 13.7. The summed E-state index contributed by atoms with van der Waals surface area (Å²) in [4.78, 5) is 4.20. The van der Waals surface area contributed by atoms with Crippen LogP contribution in [-0.4, -0.2) is 23.9 Å². The van der Waals surface area contributed by atoms with E-state index in [1.54, 1.807) is 7.11 Å². The van der Waals surface area contributed by atoms with E-state index in [4.69, 9.17) is 25.6 Å². The zero-order valence-corrected chi connectivity index (χ0v) is 11.6. The second-order valence-corrected chi connectivity index (χ2v) is 4.10. The number of aromatic nitrogens is 2. The van der Waals surface area contributed by atoms with Gasteiger partial charge in [0, 0.05) is 0 Å². The molecule has 0 saturated carbocycles. The Morgan fingerprint density at radius 3 is 2.84 bits per heavy atom. The van der Waals surface area contributed by atoms with Gasteiger partial charge in [-0.1, -0.05) is 18.1 Å². The van der Waals surface area contributed by atoms with E-state index >= 15 is 0 Å². The lowest BCUT2D eigenvalue weighted by Crippen LogP contribution is -2.00. The first-order valence-corrected chi connectivity index (χ1v) is 6.52. The summed E-state index contributed by atoms with van der Waals surface area (Å²) in [6.07, 6.45) is 0.899. The minimum Gasteiger partial charge on any atom is -0.493 e. The number of rotatable bonds is 6. The lowest BCUT2D eigenvalue weighted by molar-refractivity contribution is 0.295. The van der Waals surface area contributed by atoms with Gasteiger partial charge in [0.1, 0.15) is 5.88 Å². The van der Waals surface area contributed by atoms with Crippen LogP contribution in [0.25, 0.3) is 11.4 Å². The Hall–Kier alpha value is -1.75. The normalized spacial score (nSPS) is 10.5. The Morgan fingerprint density at radius 1 is 1.37 bits per heavy atom. The molecule has 0 aliphatic carbocycles. The van der Waals surface area contributed by atoms with Gasteiger partial charge in [-0.3, -0.25) is 0 Å². The van der Waals surface area contributed by atoms with Crippen molar-refractivity contribution in [3.63, 3.8) is 0 Å². The van der Waals surface area contributed by atoms with Crippen molar-refractivity contribution in [2.75, 3.05) is 13.7 Å². The van der Waals surface area contributed by atoms with Crippen molar-refractivity contribution >= 4 is 11.6 Å². The standard InChI is InChI=1S/C13H15ClN2O3/c1-3-7-18-12-9(5-4-6-10(12)17-2)13-15-11(8-14)19-16-13/h4-6H,3,7-8H2,1-2H3. The van der Waals surface area contributed by atoms with Gasteiger partial charge in [0.2, 0.25) is 11.7 Å². The van der Waals surface area contributed by atoms with Gasteiger partial charge in [-0.2, -0.15) is 4.98 Å². The number of nitrogens with zero attached hydrogens (tertiary/aromatic N) is 2. The van der Waals surface area contributed by atoms with Crippen LogP contribution < -0.4 is 9.47 Å². The van der Waals surface area contributed by atoms with E-state index in [-0.39, 0.29) is 5.88 Å². The van der Waals surface area contributed by atoms with Crippen LogP contribution >= 0.6 is 11.6 Å². The second kappa shape index (κ2) is 6.43. The molecule has 0 atom stereocenters. The molecule has 1 heterocycles. The highest BCUT2D eigenvalue weighted by Gasteiger charge is 2.17. The maximum Gasteiger partial charge on any atom is 0.241 e. The molecule has 2 aromatic rings. The van der Waals surface area contributed by atoms with Crippen molar-refractivity contribution in [2.45, 2.75) is 19.2 Å². The van der Waals surface area contributed by atoms with Crippen molar-refractivity contribution < 1.29 is 14.0 Å². The third-order valence-electron chi connectivity index (χ3n) is 2.47.